The van der Waals surface area contributed by atoms with Gasteiger partial charge in [0.25, 0.3) is 0 Å². The van der Waals surface area contributed by atoms with Crippen molar-refractivity contribution in [2.75, 3.05) is 11.5 Å². The molecule has 0 saturated heterocycles. The molecular weight excluding hydrogens is 266 g/mol. The summed E-state index contributed by atoms with van der Waals surface area (Å²) in [5, 5.41) is 12.7. The fraction of sp³-hybridized carbons (Fsp3) is 0.200. The topological polar surface area (TPSA) is 118 Å². The fourth-order valence-electron chi connectivity index (χ4n) is 2.79. The van der Waals surface area contributed by atoms with E-state index < -0.39 is 0 Å². The zero-order chi connectivity index (χ0) is 15.3. The number of rotatable bonds is 2. The number of anilines is 2. The van der Waals surface area contributed by atoms with E-state index in [0.29, 0.717) is 22.8 Å². The van der Waals surface area contributed by atoms with Crippen LogP contribution in [0.5, 0.6) is 0 Å². The summed E-state index contributed by atoms with van der Waals surface area (Å²) in [5.74, 6) is 1.20. The molecular formula is C15H17N5O. The van der Waals surface area contributed by atoms with E-state index in [-0.39, 0.29) is 0 Å². The summed E-state index contributed by atoms with van der Waals surface area (Å²) in [7, 11) is 0. The number of H-pyrrole nitrogens is 1. The minimum atomic E-state index is 0.397. The molecule has 6 heteroatoms. The molecule has 0 radical (unpaired) electrons. The predicted molar refractivity (Wildman–Crippen MR) is 84.6 cm³/mol. The second-order valence-corrected chi connectivity index (χ2v) is 5.23. The number of nitrogens with one attached hydrogen (secondary N) is 2. The molecule has 108 valence electrons. The third-order valence-electron chi connectivity index (χ3n) is 3.66. The van der Waals surface area contributed by atoms with Crippen molar-refractivity contribution in [3.8, 4) is 11.1 Å². The van der Waals surface area contributed by atoms with Gasteiger partial charge in [0.15, 0.2) is 0 Å². The van der Waals surface area contributed by atoms with E-state index in [0.717, 1.165) is 33.5 Å². The Balaban J connectivity index is 2.37. The van der Waals surface area contributed by atoms with Crippen LogP contribution in [0.2, 0.25) is 0 Å². The fourth-order valence-corrected chi connectivity index (χ4v) is 2.79. The van der Waals surface area contributed by atoms with Crippen molar-refractivity contribution >= 4 is 28.1 Å². The highest BCUT2D eigenvalue weighted by Gasteiger charge is 2.17. The van der Waals surface area contributed by atoms with Crippen molar-refractivity contribution < 1.29 is 4.52 Å². The minimum absolute atomic E-state index is 0.397. The van der Waals surface area contributed by atoms with Gasteiger partial charge >= 0.3 is 0 Å². The number of nitrogens with zero attached hydrogens (tertiary/aromatic N) is 1. The highest BCUT2D eigenvalue weighted by atomic mass is 16.5. The van der Waals surface area contributed by atoms with E-state index in [1.54, 1.807) is 6.92 Å². The lowest BCUT2D eigenvalue weighted by Gasteiger charge is -2.05. The van der Waals surface area contributed by atoms with E-state index in [1.165, 1.54) is 0 Å². The summed E-state index contributed by atoms with van der Waals surface area (Å²) < 4.78 is 5.22. The lowest BCUT2D eigenvalue weighted by atomic mass is 9.99. The quantitative estimate of drug-likeness (QED) is 0.427. The van der Waals surface area contributed by atoms with Gasteiger partial charge in [0.2, 0.25) is 0 Å². The molecule has 21 heavy (non-hydrogen) atoms. The smallest absolute Gasteiger partial charge is 0.141 e. The van der Waals surface area contributed by atoms with Gasteiger partial charge in [-0.3, -0.25) is 0 Å². The van der Waals surface area contributed by atoms with Crippen LogP contribution in [0, 0.1) is 19.3 Å². The molecule has 0 aliphatic carbocycles. The van der Waals surface area contributed by atoms with E-state index in [4.69, 9.17) is 21.4 Å². The lowest BCUT2D eigenvalue weighted by molar-refractivity contribution is 0.393. The summed E-state index contributed by atoms with van der Waals surface area (Å²) in [6.07, 6.45) is 0. The Morgan fingerprint density at radius 2 is 2.00 bits per heavy atom. The van der Waals surface area contributed by atoms with Crippen LogP contribution in [0.3, 0.4) is 0 Å². The molecule has 3 aromatic rings. The first kappa shape index (κ1) is 13.2. The summed E-state index contributed by atoms with van der Waals surface area (Å²) in [6.45, 7) is 5.46. The number of aryl methyl sites for hydroxylation is 2. The normalized spacial score (nSPS) is 11.2. The van der Waals surface area contributed by atoms with E-state index >= 15 is 0 Å². The zero-order valence-corrected chi connectivity index (χ0v) is 12.2. The Bertz CT molecular complexity index is 852. The van der Waals surface area contributed by atoms with Gasteiger partial charge in [-0.1, -0.05) is 5.16 Å². The number of fused-ring (bicyclic) bond motifs is 1. The van der Waals surface area contributed by atoms with Crippen LogP contribution in [0.15, 0.2) is 16.7 Å². The largest absolute Gasteiger partial charge is 0.397 e. The first-order chi connectivity index (χ1) is 9.90. The Kier molecular flexibility index (Phi) is 2.76. The Hall–Kier alpha value is -2.76. The third-order valence-corrected chi connectivity index (χ3v) is 3.66. The predicted octanol–water partition coefficient (Wildman–Crippen LogP) is 2.99. The molecule has 0 spiro atoms. The van der Waals surface area contributed by atoms with Gasteiger partial charge in [0.1, 0.15) is 11.6 Å². The number of hydrogen-bond acceptors (Lipinski definition) is 5. The number of benzene rings is 1. The van der Waals surface area contributed by atoms with Gasteiger partial charge < -0.3 is 26.4 Å². The first-order valence-corrected chi connectivity index (χ1v) is 6.59. The third kappa shape index (κ3) is 1.87. The van der Waals surface area contributed by atoms with Crippen molar-refractivity contribution in [1.29, 1.82) is 5.41 Å². The molecule has 2 aromatic heterocycles. The van der Waals surface area contributed by atoms with Crippen molar-refractivity contribution in [3.05, 3.63) is 29.2 Å². The molecule has 0 amide bonds. The van der Waals surface area contributed by atoms with Gasteiger partial charge in [-0.05, 0) is 38.5 Å². The van der Waals surface area contributed by atoms with E-state index in [9.17, 15) is 0 Å². The maximum Gasteiger partial charge on any atom is 0.141 e. The molecule has 0 bridgehead atoms. The highest BCUT2D eigenvalue weighted by molar-refractivity contribution is 6.15. The molecule has 0 aliphatic heterocycles. The summed E-state index contributed by atoms with van der Waals surface area (Å²) in [6, 6.07) is 3.84. The maximum absolute atomic E-state index is 7.90. The Morgan fingerprint density at radius 3 is 2.57 bits per heavy atom. The van der Waals surface area contributed by atoms with Crippen molar-refractivity contribution in [2.24, 2.45) is 0 Å². The molecule has 1 aromatic carbocycles. The number of hydrogen-bond donors (Lipinski definition) is 4. The number of nitrogen functional groups attached to an aromatic ring is 2. The highest BCUT2D eigenvalue weighted by Crippen LogP contribution is 2.36. The van der Waals surface area contributed by atoms with Crippen LogP contribution >= 0.6 is 0 Å². The summed E-state index contributed by atoms with van der Waals surface area (Å²) in [5.41, 5.74) is 17.2. The second-order valence-electron chi connectivity index (χ2n) is 5.23. The van der Waals surface area contributed by atoms with Gasteiger partial charge in [-0.2, -0.15) is 0 Å². The standard InChI is InChI=1S/C15H17N5O/c1-6(16)12-10-4-9(13-7(2)20-21-8(13)3)5-11(17)14(10)19-15(12)18/h4-5,16,19H,17-18H2,1-3H3. The maximum atomic E-state index is 7.90. The Morgan fingerprint density at radius 1 is 1.29 bits per heavy atom. The molecule has 0 unspecified atom stereocenters. The first-order valence-electron chi connectivity index (χ1n) is 6.59. The molecule has 0 saturated carbocycles. The van der Waals surface area contributed by atoms with Crippen LogP contribution in [-0.2, 0) is 0 Å². The molecule has 6 nitrogen and oxygen atoms in total. The van der Waals surface area contributed by atoms with Crippen LogP contribution in [0.4, 0.5) is 11.5 Å². The molecule has 3 rings (SSSR count). The molecule has 0 atom stereocenters. The van der Waals surface area contributed by atoms with Gasteiger partial charge in [-0.25, -0.2) is 0 Å². The lowest BCUT2D eigenvalue weighted by Crippen LogP contribution is -1.97. The molecule has 2 heterocycles. The Labute approximate surface area is 121 Å². The van der Waals surface area contributed by atoms with E-state index in [2.05, 4.69) is 10.1 Å². The number of aromatic amines is 1. The summed E-state index contributed by atoms with van der Waals surface area (Å²) in [4.78, 5) is 3.05. The van der Waals surface area contributed by atoms with Crippen molar-refractivity contribution in [1.82, 2.24) is 10.1 Å². The monoisotopic (exact) mass is 283 g/mol. The van der Waals surface area contributed by atoms with Gasteiger partial charge in [0.05, 0.1) is 16.9 Å². The zero-order valence-electron chi connectivity index (χ0n) is 12.2. The van der Waals surface area contributed by atoms with Crippen LogP contribution in [-0.4, -0.2) is 15.9 Å². The average Bonchev–Trinajstić information content (AvgIpc) is 2.89. The van der Waals surface area contributed by atoms with Crippen LogP contribution in [0.1, 0.15) is 23.9 Å². The van der Waals surface area contributed by atoms with Crippen molar-refractivity contribution in [2.45, 2.75) is 20.8 Å². The van der Waals surface area contributed by atoms with Crippen molar-refractivity contribution in [3.63, 3.8) is 0 Å². The van der Waals surface area contributed by atoms with Crippen LogP contribution < -0.4 is 11.5 Å². The van der Waals surface area contributed by atoms with Crippen LogP contribution in [0.25, 0.3) is 22.0 Å². The minimum Gasteiger partial charge on any atom is -0.397 e. The second kappa shape index (κ2) is 4.37. The molecule has 6 N–H and O–H groups in total. The molecule has 0 fully saturated rings. The number of aromatic nitrogens is 2. The number of nitrogens with two attached hydrogens (primary N) is 2. The SMILES string of the molecule is CC(=N)c1c(N)[nH]c2c(N)cc(-c3c(C)noc3C)cc12. The van der Waals surface area contributed by atoms with Gasteiger partial charge in [0, 0.05) is 22.2 Å². The average molecular weight is 283 g/mol. The summed E-state index contributed by atoms with van der Waals surface area (Å²) >= 11 is 0. The van der Waals surface area contributed by atoms with Gasteiger partial charge in [-0.15, -0.1) is 0 Å². The molecule has 0 aliphatic rings. The van der Waals surface area contributed by atoms with E-state index in [1.807, 2.05) is 26.0 Å².